The van der Waals surface area contributed by atoms with Crippen LogP contribution in [0.3, 0.4) is 0 Å². The van der Waals surface area contributed by atoms with Crippen LogP contribution in [0.25, 0.3) is 0 Å². The van der Waals surface area contributed by atoms with E-state index >= 15 is 0 Å². The van der Waals surface area contributed by atoms with E-state index in [9.17, 15) is 18.3 Å². The van der Waals surface area contributed by atoms with Crippen molar-refractivity contribution < 1.29 is 23.1 Å². The van der Waals surface area contributed by atoms with Gasteiger partial charge in [-0.1, -0.05) is 19.1 Å². The Bertz CT molecular complexity index is 970. The lowest BCUT2D eigenvalue weighted by Gasteiger charge is -2.23. The number of aliphatic hydroxyl groups is 1. The number of nitrogens with one attached hydrogen (secondary N) is 2. The number of aliphatic hydroxyl groups excluding tert-OH is 1. The van der Waals surface area contributed by atoms with Crippen LogP contribution in [-0.4, -0.2) is 38.2 Å². The number of carbonyl (C=O) groups is 1. The van der Waals surface area contributed by atoms with E-state index in [1.165, 1.54) is 6.07 Å². The van der Waals surface area contributed by atoms with Gasteiger partial charge in [-0.2, -0.15) is 0 Å². The van der Waals surface area contributed by atoms with Gasteiger partial charge in [0.2, 0.25) is 5.91 Å². The molecule has 0 atom stereocenters. The average molecular weight is 435 g/mol. The van der Waals surface area contributed by atoms with Crippen LogP contribution in [0.15, 0.2) is 47.4 Å². The summed E-state index contributed by atoms with van der Waals surface area (Å²) in [6.07, 6.45) is 1.01. The maximum atomic E-state index is 12.7. The summed E-state index contributed by atoms with van der Waals surface area (Å²) in [5.74, 6) is 0.450. The third-order valence-electron chi connectivity index (χ3n) is 4.36. The van der Waals surface area contributed by atoms with Gasteiger partial charge in [0.05, 0.1) is 30.1 Å². The summed E-state index contributed by atoms with van der Waals surface area (Å²) in [7, 11) is -3.75. The number of sulfonamides is 1. The predicted octanol–water partition coefficient (Wildman–Crippen LogP) is 3.01. The number of hydrogen-bond acceptors (Lipinski definition) is 5. The molecule has 7 nitrogen and oxygen atoms in total. The van der Waals surface area contributed by atoms with Crippen molar-refractivity contribution in [3.63, 3.8) is 0 Å². The van der Waals surface area contributed by atoms with Crippen LogP contribution >= 0.6 is 0 Å². The third kappa shape index (κ3) is 6.74. The summed E-state index contributed by atoms with van der Waals surface area (Å²) in [4.78, 5) is 12.2. The molecule has 2 aromatic carbocycles. The highest BCUT2D eigenvalue weighted by Crippen LogP contribution is 2.24. The van der Waals surface area contributed by atoms with Gasteiger partial charge in [0.1, 0.15) is 5.75 Å². The molecule has 0 spiro atoms. The maximum Gasteiger partial charge on any atom is 0.261 e. The molecule has 30 heavy (non-hydrogen) atoms. The minimum atomic E-state index is -3.75. The number of rotatable bonds is 10. The van der Waals surface area contributed by atoms with Crippen LogP contribution in [0.4, 0.5) is 5.69 Å². The molecule has 2 rings (SSSR count). The van der Waals surface area contributed by atoms with Gasteiger partial charge >= 0.3 is 0 Å². The average Bonchev–Trinajstić information content (AvgIpc) is 2.68. The highest BCUT2D eigenvalue weighted by Gasteiger charge is 2.19. The quantitative estimate of drug-likeness (QED) is 0.533. The Morgan fingerprint density at radius 2 is 1.80 bits per heavy atom. The van der Waals surface area contributed by atoms with Crippen LogP contribution in [-0.2, 0) is 21.2 Å². The molecule has 3 N–H and O–H groups in total. The number of aryl methyl sites for hydroxylation is 1. The minimum Gasteiger partial charge on any atom is -0.493 e. The first-order valence-corrected chi connectivity index (χ1v) is 11.3. The number of ether oxygens (including phenoxy) is 1. The van der Waals surface area contributed by atoms with Crippen LogP contribution in [0.5, 0.6) is 5.75 Å². The minimum absolute atomic E-state index is 0.134. The molecule has 0 aliphatic heterocycles. The molecular formula is C22H30N2O5S. The summed E-state index contributed by atoms with van der Waals surface area (Å²) in [6.45, 7) is 7.69. The molecule has 0 saturated carbocycles. The highest BCUT2D eigenvalue weighted by atomic mass is 32.2. The monoisotopic (exact) mass is 434 g/mol. The second kappa shape index (κ2) is 9.95. The SMILES string of the molecule is CCCOc1ccc(S(=O)(=O)Nc2ccc(CC(=O)NC(C)(C)CO)cc2)cc1C. The summed E-state index contributed by atoms with van der Waals surface area (Å²) in [5.41, 5.74) is 1.19. The molecule has 0 aromatic heterocycles. The Labute approximate surface area is 178 Å². The second-order valence-electron chi connectivity index (χ2n) is 7.85. The van der Waals surface area contributed by atoms with Gasteiger partial charge in [-0.25, -0.2) is 8.42 Å². The van der Waals surface area contributed by atoms with E-state index in [1.54, 1.807) is 50.2 Å². The fourth-order valence-corrected chi connectivity index (χ4v) is 3.86. The van der Waals surface area contributed by atoms with Gasteiger partial charge in [-0.05, 0) is 68.7 Å². The first kappa shape index (κ1) is 23.7. The zero-order valence-electron chi connectivity index (χ0n) is 17.9. The Morgan fingerprint density at radius 1 is 1.13 bits per heavy atom. The molecule has 0 aliphatic carbocycles. The van der Waals surface area contributed by atoms with Crippen LogP contribution in [0.1, 0.15) is 38.3 Å². The van der Waals surface area contributed by atoms with E-state index in [0.29, 0.717) is 18.0 Å². The Hall–Kier alpha value is -2.58. The zero-order valence-corrected chi connectivity index (χ0v) is 18.7. The Kier molecular flexibility index (Phi) is 7.86. The summed E-state index contributed by atoms with van der Waals surface area (Å²) in [5, 5.41) is 12.0. The van der Waals surface area contributed by atoms with Crippen molar-refractivity contribution in [1.82, 2.24) is 5.32 Å². The molecule has 2 aromatic rings. The summed E-state index contributed by atoms with van der Waals surface area (Å²) < 4.78 is 33.5. The zero-order chi connectivity index (χ0) is 22.4. The van der Waals surface area contributed by atoms with E-state index < -0.39 is 15.6 Å². The van der Waals surface area contributed by atoms with Crippen molar-refractivity contribution in [2.45, 2.75) is 51.0 Å². The van der Waals surface area contributed by atoms with E-state index in [2.05, 4.69) is 10.0 Å². The molecule has 0 heterocycles. The fourth-order valence-electron chi connectivity index (χ4n) is 2.71. The van der Waals surface area contributed by atoms with Gasteiger partial charge in [0.15, 0.2) is 0 Å². The van der Waals surface area contributed by atoms with Gasteiger partial charge < -0.3 is 15.2 Å². The molecule has 0 fully saturated rings. The number of amides is 1. The molecule has 0 unspecified atom stereocenters. The third-order valence-corrected chi connectivity index (χ3v) is 5.74. The first-order valence-electron chi connectivity index (χ1n) is 9.83. The van der Waals surface area contributed by atoms with Gasteiger partial charge in [0.25, 0.3) is 10.0 Å². The number of carbonyl (C=O) groups excluding carboxylic acids is 1. The van der Waals surface area contributed by atoms with Crippen molar-refractivity contribution in [3.05, 3.63) is 53.6 Å². The normalized spacial score (nSPS) is 11.8. The van der Waals surface area contributed by atoms with Gasteiger partial charge in [-0.3, -0.25) is 9.52 Å². The number of hydrogen-bond donors (Lipinski definition) is 3. The molecule has 1 amide bonds. The molecule has 0 bridgehead atoms. The fraction of sp³-hybridized carbons (Fsp3) is 0.409. The van der Waals surface area contributed by atoms with Crippen LogP contribution in [0, 0.1) is 6.92 Å². The summed E-state index contributed by atoms with van der Waals surface area (Å²) in [6, 6.07) is 11.4. The lowest BCUT2D eigenvalue weighted by molar-refractivity contribution is -0.122. The second-order valence-corrected chi connectivity index (χ2v) is 9.53. The molecule has 0 aliphatic rings. The number of anilines is 1. The van der Waals surface area contributed by atoms with Crippen molar-refractivity contribution in [2.24, 2.45) is 0 Å². The lowest BCUT2D eigenvalue weighted by Crippen LogP contribution is -2.46. The van der Waals surface area contributed by atoms with E-state index in [4.69, 9.17) is 4.74 Å². The smallest absolute Gasteiger partial charge is 0.261 e. The standard InChI is InChI=1S/C22H30N2O5S/c1-5-12-29-20-11-10-19(13-16(20)2)30(27,28)24-18-8-6-17(7-9-18)14-21(26)23-22(3,4)15-25/h6-11,13,24-25H,5,12,14-15H2,1-4H3,(H,23,26). The highest BCUT2D eigenvalue weighted by molar-refractivity contribution is 7.92. The van der Waals surface area contributed by atoms with E-state index in [1.807, 2.05) is 13.8 Å². The lowest BCUT2D eigenvalue weighted by atomic mass is 10.1. The molecular weight excluding hydrogens is 404 g/mol. The number of benzene rings is 2. The van der Waals surface area contributed by atoms with Crippen LogP contribution in [0.2, 0.25) is 0 Å². The molecule has 0 saturated heterocycles. The molecule has 164 valence electrons. The molecule has 8 heteroatoms. The Morgan fingerprint density at radius 3 is 2.37 bits per heavy atom. The van der Waals surface area contributed by atoms with Crippen molar-refractivity contribution in [3.8, 4) is 5.75 Å². The van der Waals surface area contributed by atoms with E-state index in [0.717, 1.165) is 17.5 Å². The van der Waals surface area contributed by atoms with Gasteiger partial charge in [0, 0.05) is 5.69 Å². The largest absolute Gasteiger partial charge is 0.493 e. The van der Waals surface area contributed by atoms with Gasteiger partial charge in [-0.15, -0.1) is 0 Å². The van der Waals surface area contributed by atoms with Crippen LogP contribution < -0.4 is 14.8 Å². The summed E-state index contributed by atoms with van der Waals surface area (Å²) >= 11 is 0. The van der Waals surface area contributed by atoms with Crippen molar-refractivity contribution in [2.75, 3.05) is 17.9 Å². The van der Waals surface area contributed by atoms with Crippen molar-refractivity contribution in [1.29, 1.82) is 0 Å². The maximum absolute atomic E-state index is 12.7. The van der Waals surface area contributed by atoms with E-state index in [-0.39, 0.29) is 23.8 Å². The van der Waals surface area contributed by atoms with Crippen molar-refractivity contribution >= 4 is 21.6 Å². The predicted molar refractivity (Wildman–Crippen MR) is 117 cm³/mol. The first-order chi connectivity index (χ1) is 14.1. The Balaban J connectivity index is 2.05. The topological polar surface area (TPSA) is 105 Å². The molecule has 0 radical (unpaired) electrons.